The van der Waals surface area contributed by atoms with Crippen molar-refractivity contribution in [3.05, 3.63) is 45.6 Å². The van der Waals surface area contributed by atoms with E-state index in [2.05, 4.69) is 21.3 Å². The van der Waals surface area contributed by atoms with E-state index in [9.17, 15) is 34.2 Å². The molecule has 0 aliphatic carbocycles. The maximum absolute atomic E-state index is 12.9. The number of hydrogen-bond donors (Lipinski definition) is 6. The van der Waals surface area contributed by atoms with E-state index in [-0.39, 0.29) is 78.8 Å². The molecular formula is C28H36N4O7. The summed E-state index contributed by atoms with van der Waals surface area (Å²) >= 11 is 0. The highest BCUT2D eigenvalue weighted by Crippen LogP contribution is 2.35. The van der Waals surface area contributed by atoms with Gasteiger partial charge in [0.25, 0.3) is 0 Å². The number of rotatable bonds is 13. The molecule has 11 nitrogen and oxygen atoms in total. The van der Waals surface area contributed by atoms with Crippen molar-refractivity contribution in [1.29, 1.82) is 0 Å². The third-order valence-electron chi connectivity index (χ3n) is 6.97. The predicted molar refractivity (Wildman–Crippen MR) is 145 cm³/mol. The third kappa shape index (κ3) is 8.00. The number of carbonyl (C=O) groups is 4. The highest BCUT2D eigenvalue weighted by atomic mass is 16.3. The number of benzene rings is 1. The number of piperidine rings is 1. The number of hydrogen-bond acceptors (Lipinski definition) is 8. The van der Waals surface area contributed by atoms with Crippen LogP contribution >= 0.6 is 0 Å². The van der Waals surface area contributed by atoms with Crippen molar-refractivity contribution in [3.63, 3.8) is 0 Å². The first-order valence-corrected chi connectivity index (χ1v) is 13.2. The number of aromatic hydroxyl groups is 2. The van der Waals surface area contributed by atoms with Crippen LogP contribution in [0.15, 0.2) is 29.1 Å². The Hall–Kier alpha value is -3.99. The fourth-order valence-corrected chi connectivity index (χ4v) is 4.74. The van der Waals surface area contributed by atoms with Gasteiger partial charge in [0.05, 0.1) is 11.8 Å². The van der Waals surface area contributed by atoms with E-state index in [4.69, 9.17) is 0 Å². The molecule has 6 N–H and O–H groups in total. The van der Waals surface area contributed by atoms with Crippen LogP contribution in [0.2, 0.25) is 0 Å². The fourth-order valence-electron chi connectivity index (χ4n) is 4.74. The van der Waals surface area contributed by atoms with Crippen LogP contribution in [0.4, 0.5) is 0 Å². The number of fused-ring (bicyclic) bond motifs is 1. The Bertz CT molecular complexity index is 1270. The SMILES string of the molecule is CNCC(CCC=O)C(=O)NCCc1c(O)c(O)cc2cc(=O)c(CCNC(=O)C3CCC(=O)NC3)ccc12. The first-order valence-electron chi connectivity index (χ1n) is 13.2. The van der Waals surface area contributed by atoms with Gasteiger partial charge >= 0.3 is 0 Å². The summed E-state index contributed by atoms with van der Waals surface area (Å²) in [6.45, 7) is 1.14. The molecule has 1 saturated heterocycles. The van der Waals surface area contributed by atoms with Crippen molar-refractivity contribution in [3.8, 4) is 11.5 Å². The summed E-state index contributed by atoms with van der Waals surface area (Å²) in [6.07, 6.45) is 2.74. The van der Waals surface area contributed by atoms with Crippen LogP contribution < -0.4 is 26.7 Å². The molecule has 0 bridgehead atoms. The molecule has 2 aromatic rings. The molecule has 1 aliphatic heterocycles. The number of aldehydes is 1. The van der Waals surface area contributed by atoms with Crippen LogP contribution in [0.3, 0.4) is 0 Å². The Kier molecular flexibility index (Phi) is 10.8. The number of phenolic OH excluding ortho intramolecular Hbond substituents is 2. The number of carbonyl (C=O) groups excluding carboxylic acids is 4. The molecule has 11 heteroatoms. The molecule has 0 radical (unpaired) electrons. The zero-order valence-electron chi connectivity index (χ0n) is 22.0. The monoisotopic (exact) mass is 540 g/mol. The Labute approximate surface area is 226 Å². The van der Waals surface area contributed by atoms with Gasteiger partial charge in [-0.3, -0.25) is 19.2 Å². The summed E-state index contributed by atoms with van der Waals surface area (Å²) in [5.74, 6) is -1.83. The standard InChI is InChI=1S/C28H36N4O7/c1-29-15-18(3-2-12-33)27(38)31-11-9-22-21-6-4-17(23(34)13-20(21)14-24(35)26(22)37)8-10-30-28(39)19-5-7-25(36)32-16-19/h4,6,12-14,18-19,29,35,37H,2-3,5,7-11,15-16H2,1H3,(H,30,39)(H,31,38)(H,32,36). The van der Waals surface area contributed by atoms with Crippen molar-refractivity contribution >= 4 is 34.8 Å². The topological polar surface area (TPSA) is 174 Å². The number of nitrogens with one attached hydrogen (secondary N) is 4. The van der Waals surface area contributed by atoms with Crippen molar-refractivity contribution in [2.24, 2.45) is 11.8 Å². The van der Waals surface area contributed by atoms with Crippen molar-refractivity contribution < 1.29 is 29.4 Å². The maximum atomic E-state index is 12.9. The number of amides is 3. The molecule has 1 heterocycles. The Balaban J connectivity index is 1.71. The van der Waals surface area contributed by atoms with Crippen molar-refractivity contribution in [2.75, 3.05) is 33.2 Å². The molecule has 0 aromatic heterocycles. The minimum atomic E-state index is -0.379. The first-order chi connectivity index (χ1) is 18.7. The van der Waals surface area contributed by atoms with Gasteiger partial charge in [0, 0.05) is 50.1 Å². The highest BCUT2D eigenvalue weighted by molar-refractivity contribution is 5.89. The van der Waals surface area contributed by atoms with E-state index < -0.39 is 0 Å². The molecule has 2 aromatic carbocycles. The van der Waals surface area contributed by atoms with Crippen LogP contribution in [0.1, 0.15) is 36.8 Å². The largest absolute Gasteiger partial charge is 0.504 e. The molecule has 210 valence electrons. The average Bonchev–Trinajstić information content (AvgIpc) is 3.06. The lowest BCUT2D eigenvalue weighted by molar-refractivity contribution is -0.129. The molecule has 0 spiro atoms. The Morgan fingerprint density at radius 3 is 2.59 bits per heavy atom. The summed E-state index contributed by atoms with van der Waals surface area (Å²) in [5.41, 5.74) is 0.558. The van der Waals surface area contributed by atoms with E-state index in [1.807, 2.05) is 0 Å². The minimum absolute atomic E-state index is 0.0645. The van der Waals surface area contributed by atoms with Crippen LogP contribution in [0, 0.1) is 11.8 Å². The van der Waals surface area contributed by atoms with Crippen LogP contribution in [-0.4, -0.2) is 67.4 Å². The van der Waals surface area contributed by atoms with Gasteiger partial charge in [-0.15, -0.1) is 0 Å². The molecule has 3 amide bonds. The van der Waals surface area contributed by atoms with Gasteiger partial charge in [-0.2, -0.15) is 0 Å². The predicted octanol–water partition coefficient (Wildman–Crippen LogP) is 0.270. The lowest BCUT2D eigenvalue weighted by Crippen LogP contribution is -2.43. The van der Waals surface area contributed by atoms with Gasteiger partial charge in [0.15, 0.2) is 16.9 Å². The molecule has 39 heavy (non-hydrogen) atoms. The van der Waals surface area contributed by atoms with Crippen LogP contribution in [0.25, 0.3) is 10.8 Å². The van der Waals surface area contributed by atoms with Crippen molar-refractivity contribution in [1.82, 2.24) is 21.3 Å². The van der Waals surface area contributed by atoms with Crippen LogP contribution in [-0.2, 0) is 32.0 Å². The van der Waals surface area contributed by atoms with E-state index in [0.29, 0.717) is 54.3 Å². The number of phenols is 2. The van der Waals surface area contributed by atoms with E-state index in [1.54, 1.807) is 19.2 Å². The van der Waals surface area contributed by atoms with E-state index in [0.717, 1.165) is 6.29 Å². The van der Waals surface area contributed by atoms with Gasteiger partial charge in [-0.1, -0.05) is 12.1 Å². The second-order valence-electron chi connectivity index (χ2n) is 9.71. The molecule has 1 aliphatic rings. The quantitative estimate of drug-likeness (QED) is 0.155. The molecular weight excluding hydrogens is 504 g/mol. The smallest absolute Gasteiger partial charge is 0.224 e. The summed E-state index contributed by atoms with van der Waals surface area (Å²) in [5, 5.41) is 33.1. The lowest BCUT2D eigenvalue weighted by atomic mass is 9.98. The second-order valence-corrected chi connectivity index (χ2v) is 9.71. The average molecular weight is 541 g/mol. The summed E-state index contributed by atoms with van der Waals surface area (Å²) in [7, 11) is 1.72. The molecule has 1 fully saturated rings. The highest BCUT2D eigenvalue weighted by Gasteiger charge is 2.24. The zero-order valence-corrected chi connectivity index (χ0v) is 22.0. The zero-order chi connectivity index (χ0) is 28.4. The second kappa shape index (κ2) is 14.2. The lowest BCUT2D eigenvalue weighted by Gasteiger charge is -2.21. The Morgan fingerprint density at radius 2 is 1.90 bits per heavy atom. The normalized spacial score (nSPS) is 15.8. The summed E-state index contributed by atoms with van der Waals surface area (Å²) in [4.78, 5) is 59.9. The van der Waals surface area contributed by atoms with Gasteiger partial charge < -0.3 is 36.3 Å². The Morgan fingerprint density at radius 1 is 1.13 bits per heavy atom. The van der Waals surface area contributed by atoms with Gasteiger partial charge in [-0.25, -0.2) is 0 Å². The van der Waals surface area contributed by atoms with E-state index in [1.165, 1.54) is 12.1 Å². The van der Waals surface area contributed by atoms with E-state index >= 15 is 0 Å². The molecule has 0 saturated carbocycles. The third-order valence-corrected chi connectivity index (χ3v) is 6.97. The summed E-state index contributed by atoms with van der Waals surface area (Å²) in [6, 6.07) is 6.03. The molecule has 2 unspecified atom stereocenters. The minimum Gasteiger partial charge on any atom is -0.504 e. The molecule has 3 rings (SSSR count). The van der Waals surface area contributed by atoms with Crippen molar-refractivity contribution in [2.45, 2.75) is 38.5 Å². The van der Waals surface area contributed by atoms with Gasteiger partial charge in [-0.05, 0) is 55.6 Å². The van der Waals surface area contributed by atoms with Gasteiger partial charge in [0.1, 0.15) is 6.29 Å². The fraction of sp³-hybridized carbons (Fsp3) is 0.464. The summed E-state index contributed by atoms with van der Waals surface area (Å²) < 4.78 is 0. The van der Waals surface area contributed by atoms with Gasteiger partial charge in [0.2, 0.25) is 17.7 Å². The maximum Gasteiger partial charge on any atom is 0.224 e. The first kappa shape index (κ1) is 29.6. The van der Waals surface area contributed by atoms with Crippen LogP contribution in [0.5, 0.6) is 11.5 Å². The molecule has 2 atom stereocenters.